The van der Waals surface area contributed by atoms with Gasteiger partial charge in [0.05, 0.1) is 25.5 Å². The molecule has 0 aliphatic carbocycles. The van der Waals surface area contributed by atoms with E-state index in [4.69, 9.17) is 9.47 Å². The molecule has 0 amide bonds. The van der Waals surface area contributed by atoms with Gasteiger partial charge in [-0.05, 0) is 17.2 Å². The van der Waals surface area contributed by atoms with Crippen LogP contribution in [0.2, 0.25) is 0 Å². The van der Waals surface area contributed by atoms with E-state index < -0.39 is 0 Å². The summed E-state index contributed by atoms with van der Waals surface area (Å²) in [7, 11) is 3.05. The fraction of sp³-hybridized carbons (Fsp3) is 0.100. The molecule has 0 N–H and O–H groups in total. The van der Waals surface area contributed by atoms with E-state index in [0.29, 0.717) is 22.9 Å². The molecule has 0 fully saturated rings. The minimum atomic E-state index is 0.358. The monoisotopic (exact) mass is 316 g/mol. The van der Waals surface area contributed by atoms with Crippen molar-refractivity contribution < 1.29 is 9.47 Å². The molecule has 1 heterocycles. The molecule has 3 aromatic rings. The minimum Gasteiger partial charge on any atom is -0.491 e. The average Bonchev–Trinajstić information content (AvgIpc) is 2.67. The van der Waals surface area contributed by atoms with Crippen LogP contribution in [0.5, 0.6) is 11.6 Å². The second-order valence-electron chi connectivity index (χ2n) is 5.15. The van der Waals surface area contributed by atoms with Crippen molar-refractivity contribution >= 4 is 0 Å². The smallest absolute Gasteiger partial charge is 0.257 e. The topological polar surface area (TPSA) is 55.1 Å². The molecular formula is C20H16N2O2. The molecule has 0 unspecified atom stereocenters. The number of hydrogen-bond donors (Lipinski definition) is 0. The van der Waals surface area contributed by atoms with E-state index in [1.54, 1.807) is 6.07 Å². The summed E-state index contributed by atoms with van der Waals surface area (Å²) in [6.07, 6.45) is 0. The van der Waals surface area contributed by atoms with Crippen LogP contribution in [0.25, 0.3) is 22.4 Å². The van der Waals surface area contributed by atoms with Gasteiger partial charge in [0.25, 0.3) is 5.88 Å². The summed E-state index contributed by atoms with van der Waals surface area (Å²) in [6, 6.07) is 21.8. The second kappa shape index (κ2) is 6.84. The van der Waals surface area contributed by atoms with E-state index in [1.807, 2.05) is 54.6 Å². The number of rotatable bonds is 4. The predicted molar refractivity (Wildman–Crippen MR) is 92.9 cm³/mol. The van der Waals surface area contributed by atoms with Crippen LogP contribution in [0.1, 0.15) is 5.56 Å². The van der Waals surface area contributed by atoms with Crippen molar-refractivity contribution in [2.75, 3.05) is 14.2 Å². The lowest BCUT2D eigenvalue weighted by molar-refractivity contribution is 0.343. The summed E-state index contributed by atoms with van der Waals surface area (Å²) < 4.78 is 10.5. The first kappa shape index (κ1) is 15.6. The van der Waals surface area contributed by atoms with Gasteiger partial charge in [-0.15, -0.1) is 0 Å². The lowest BCUT2D eigenvalue weighted by Crippen LogP contribution is -1.98. The van der Waals surface area contributed by atoms with Crippen LogP contribution in [0.15, 0.2) is 60.7 Å². The lowest BCUT2D eigenvalue weighted by Gasteiger charge is -2.11. The van der Waals surface area contributed by atoms with Crippen molar-refractivity contribution in [2.45, 2.75) is 0 Å². The van der Waals surface area contributed by atoms with Crippen molar-refractivity contribution in [1.29, 1.82) is 5.26 Å². The van der Waals surface area contributed by atoms with Crippen molar-refractivity contribution in [3.63, 3.8) is 0 Å². The molecule has 1 aromatic heterocycles. The van der Waals surface area contributed by atoms with E-state index >= 15 is 0 Å². The molecule has 0 aliphatic rings. The second-order valence-corrected chi connectivity index (χ2v) is 5.15. The van der Waals surface area contributed by atoms with Gasteiger partial charge in [0, 0.05) is 11.6 Å². The maximum atomic E-state index is 9.46. The summed E-state index contributed by atoms with van der Waals surface area (Å²) >= 11 is 0. The molecule has 118 valence electrons. The molecule has 0 aliphatic heterocycles. The Morgan fingerprint density at radius 2 is 1.54 bits per heavy atom. The fourth-order valence-electron chi connectivity index (χ4n) is 2.55. The van der Waals surface area contributed by atoms with Crippen molar-refractivity contribution in [2.24, 2.45) is 0 Å². The van der Waals surface area contributed by atoms with Crippen LogP contribution in [0.4, 0.5) is 0 Å². The molecule has 0 radical (unpaired) electrons. The number of nitrogens with zero attached hydrogens (tertiary/aromatic N) is 2. The standard InChI is InChI=1S/C20H16N2O2/c1-23-18-12-17(13-21)19(22-20(18)24-2)16-10-6-9-15(11-16)14-7-4-3-5-8-14/h3-12H,1-2H3. The van der Waals surface area contributed by atoms with Gasteiger partial charge < -0.3 is 9.47 Å². The van der Waals surface area contributed by atoms with Crippen LogP contribution in [-0.4, -0.2) is 19.2 Å². The van der Waals surface area contributed by atoms with Crippen molar-refractivity contribution in [1.82, 2.24) is 4.98 Å². The Morgan fingerprint density at radius 3 is 2.21 bits per heavy atom. The van der Waals surface area contributed by atoms with Gasteiger partial charge in [-0.25, -0.2) is 4.98 Å². The Labute approximate surface area is 140 Å². The van der Waals surface area contributed by atoms with Gasteiger partial charge >= 0.3 is 0 Å². The van der Waals surface area contributed by atoms with Crippen molar-refractivity contribution in [3.8, 4) is 40.1 Å². The summed E-state index contributed by atoms with van der Waals surface area (Å²) in [5.74, 6) is 0.800. The summed E-state index contributed by atoms with van der Waals surface area (Å²) in [5, 5.41) is 9.46. The molecule has 24 heavy (non-hydrogen) atoms. The number of aromatic nitrogens is 1. The van der Waals surface area contributed by atoms with Crippen LogP contribution < -0.4 is 9.47 Å². The first-order chi connectivity index (χ1) is 11.8. The highest BCUT2D eigenvalue weighted by Crippen LogP contribution is 2.33. The van der Waals surface area contributed by atoms with Crippen LogP contribution in [0, 0.1) is 11.3 Å². The molecule has 3 rings (SSSR count). The Kier molecular flexibility index (Phi) is 4.44. The molecule has 4 heteroatoms. The number of benzene rings is 2. The van der Waals surface area contributed by atoms with Gasteiger partial charge in [-0.1, -0.05) is 48.5 Å². The zero-order valence-electron chi connectivity index (χ0n) is 13.5. The van der Waals surface area contributed by atoms with E-state index in [-0.39, 0.29) is 0 Å². The van der Waals surface area contributed by atoms with Crippen LogP contribution in [-0.2, 0) is 0 Å². The lowest BCUT2D eigenvalue weighted by atomic mass is 9.99. The largest absolute Gasteiger partial charge is 0.491 e. The molecule has 2 aromatic carbocycles. The molecular weight excluding hydrogens is 300 g/mol. The van der Waals surface area contributed by atoms with Gasteiger partial charge in [-0.3, -0.25) is 0 Å². The van der Waals surface area contributed by atoms with Gasteiger partial charge in [0.1, 0.15) is 6.07 Å². The number of hydrogen-bond acceptors (Lipinski definition) is 4. The zero-order chi connectivity index (χ0) is 16.9. The fourth-order valence-corrected chi connectivity index (χ4v) is 2.55. The summed E-state index contributed by atoms with van der Waals surface area (Å²) in [5.41, 5.74) is 4.05. The molecule has 0 spiro atoms. The quantitative estimate of drug-likeness (QED) is 0.720. The maximum absolute atomic E-state index is 9.46. The van der Waals surface area contributed by atoms with Crippen LogP contribution >= 0.6 is 0 Å². The summed E-state index contributed by atoms with van der Waals surface area (Å²) in [6.45, 7) is 0. The zero-order valence-corrected chi connectivity index (χ0v) is 13.5. The number of nitriles is 1. The highest BCUT2D eigenvalue weighted by atomic mass is 16.5. The third kappa shape index (κ3) is 2.92. The Morgan fingerprint density at radius 1 is 0.833 bits per heavy atom. The van der Waals surface area contributed by atoms with E-state index in [0.717, 1.165) is 16.7 Å². The van der Waals surface area contributed by atoms with E-state index in [2.05, 4.69) is 11.1 Å². The SMILES string of the molecule is COc1cc(C#N)c(-c2cccc(-c3ccccc3)c2)nc1OC. The highest BCUT2D eigenvalue weighted by Gasteiger charge is 2.15. The predicted octanol–water partition coefficient (Wildman–Crippen LogP) is 4.30. The third-order valence-corrected chi connectivity index (χ3v) is 3.73. The van der Waals surface area contributed by atoms with E-state index in [9.17, 15) is 5.26 Å². The highest BCUT2D eigenvalue weighted by molar-refractivity contribution is 5.75. The minimum absolute atomic E-state index is 0.358. The Bertz CT molecular complexity index is 899. The normalized spacial score (nSPS) is 10.0. The van der Waals surface area contributed by atoms with E-state index in [1.165, 1.54) is 14.2 Å². The van der Waals surface area contributed by atoms with Gasteiger partial charge in [0.2, 0.25) is 0 Å². The first-order valence-electron chi connectivity index (χ1n) is 7.45. The summed E-state index contributed by atoms with van der Waals surface area (Å²) in [4.78, 5) is 4.47. The molecule has 0 saturated heterocycles. The van der Waals surface area contributed by atoms with Gasteiger partial charge in [0.15, 0.2) is 5.75 Å². The van der Waals surface area contributed by atoms with Gasteiger partial charge in [-0.2, -0.15) is 5.26 Å². The molecule has 0 atom stereocenters. The van der Waals surface area contributed by atoms with Crippen molar-refractivity contribution in [3.05, 3.63) is 66.2 Å². The Hall–Kier alpha value is -3.32. The maximum Gasteiger partial charge on any atom is 0.257 e. The number of ether oxygens (including phenoxy) is 2. The average molecular weight is 316 g/mol. The molecule has 0 bridgehead atoms. The molecule has 0 saturated carbocycles. The molecule has 4 nitrogen and oxygen atoms in total. The third-order valence-electron chi connectivity index (χ3n) is 3.73. The first-order valence-corrected chi connectivity index (χ1v) is 7.45. The van der Waals surface area contributed by atoms with Crippen LogP contribution in [0.3, 0.4) is 0 Å². The number of methoxy groups -OCH3 is 2. The number of pyridine rings is 1. The Balaban J connectivity index is 2.14.